The minimum atomic E-state index is -4.58. The number of carbonyl (C=O) groups is 1. The summed E-state index contributed by atoms with van der Waals surface area (Å²) in [5.41, 5.74) is -1.89. The van der Waals surface area contributed by atoms with Gasteiger partial charge in [0, 0.05) is 24.3 Å². The molecule has 0 aromatic heterocycles. The molecule has 0 atom stereocenters. The molecule has 0 saturated carbocycles. The molecule has 0 aliphatic heterocycles. The second kappa shape index (κ2) is 7.99. The summed E-state index contributed by atoms with van der Waals surface area (Å²) in [4.78, 5) is 13.8. The van der Waals surface area contributed by atoms with Gasteiger partial charge in [-0.25, -0.2) is 0 Å². The molecule has 0 unspecified atom stereocenters. The summed E-state index contributed by atoms with van der Waals surface area (Å²) in [5.74, 6) is -0.696. The molecule has 146 valence electrons. The monoisotopic (exact) mass is 390 g/mol. The van der Waals surface area contributed by atoms with Gasteiger partial charge in [0.1, 0.15) is 0 Å². The van der Waals surface area contributed by atoms with Gasteiger partial charge in [0.25, 0.3) is 5.91 Å². The predicted molar refractivity (Wildman–Crippen MR) is 88.5 cm³/mol. The quantitative estimate of drug-likeness (QED) is 0.758. The Morgan fingerprint density at radius 1 is 0.926 bits per heavy atom. The van der Waals surface area contributed by atoms with Crippen LogP contribution in [0.25, 0.3) is 0 Å². The van der Waals surface area contributed by atoms with Crippen molar-refractivity contribution in [1.82, 2.24) is 5.32 Å². The van der Waals surface area contributed by atoms with Crippen LogP contribution in [0.2, 0.25) is 0 Å². The van der Waals surface area contributed by atoms with Crippen molar-refractivity contribution in [2.75, 3.05) is 25.0 Å². The van der Waals surface area contributed by atoms with Gasteiger partial charge in [-0.15, -0.1) is 0 Å². The third-order valence-corrected chi connectivity index (χ3v) is 3.77. The lowest BCUT2D eigenvalue weighted by molar-refractivity contribution is -0.138. The minimum Gasteiger partial charge on any atom is -0.318 e. The highest BCUT2D eigenvalue weighted by molar-refractivity contribution is 6.06. The van der Waals surface area contributed by atoms with Gasteiger partial charge >= 0.3 is 12.4 Å². The van der Waals surface area contributed by atoms with E-state index >= 15 is 0 Å². The highest BCUT2D eigenvalue weighted by Gasteiger charge is 2.32. The zero-order valence-electron chi connectivity index (χ0n) is 14.2. The lowest BCUT2D eigenvalue weighted by Gasteiger charge is -2.24. The molecule has 0 saturated heterocycles. The number of rotatable bonds is 5. The van der Waals surface area contributed by atoms with E-state index in [0.717, 1.165) is 41.3 Å². The first-order valence-electron chi connectivity index (χ1n) is 7.85. The average Bonchev–Trinajstić information content (AvgIpc) is 2.61. The molecule has 0 fully saturated rings. The van der Waals surface area contributed by atoms with Crippen molar-refractivity contribution in [2.24, 2.45) is 0 Å². The van der Waals surface area contributed by atoms with Gasteiger partial charge < -0.3 is 10.2 Å². The molecule has 0 aliphatic carbocycles. The van der Waals surface area contributed by atoms with Crippen LogP contribution >= 0.6 is 0 Å². The van der Waals surface area contributed by atoms with Crippen LogP contribution in [0.4, 0.5) is 32.0 Å². The number of nitrogens with zero attached hydrogens (tertiary/aromatic N) is 1. The smallest absolute Gasteiger partial charge is 0.318 e. The Kier molecular flexibility index (Phi) is 6.15. The number of hydrogen-bond donors (Lipinski definition) is 1. The number of carbonyl (C=O) groups excluding carboxylic acids is 1. The largest absolute Gasteiger partial charge is 0.416 e. The summed E-state index contributed by atoms with van der Waals surface area (Å²) in [6, 6.07) is 7.75. The van der Waals surface area contributed by atoms with Crippen LogP contribution < -0.4 is 10.2 Å². The predicted octanol–water partition coefficient (Wildman–Crippen LogP) is 4.59. The lowest BCUT2D eigenvalue weighted by atomic mass is 10.1. The number of halogens is 6. The van der Waals surface area contributed by atoms with Crippen LogP contribution in [-0.4, -0.2) is 26.0 Å². The number of benzene rings is 2. The van der Waals surface area contributed by atoms with E-state index in [1.54, 1.807) is 7.05 Å². The molecule has 0 heterocycles. The zero-order chi connectivity index (χ0) is 20.2. The first-order valence-corrected chi connectivity index (χ1v) is 7.85. The second-order valence-corrected chi connectivity index (χ2v) is 5.68. The number of nitrogens with one attached hydrogen (secondary N) is 1. The number of anilines is 1. The average molecular weight is 390 g/mol. The minimum absolute atomic E-state index is 0.00460. The summed E-state index contributed by atoms with van der Waals surface area (Å²) in [6.45, 7) is 0.320. The highest BCUT2D eigenvalue weighted by Crippen LogP contribution is 2.32. The van der Waals surface area contributed by atoms with E-state index in [4.69, 9.17) is 0 Å². The maximum atomic E-state index is 12.9. The number of amides is 1. The molecule has 0 bridgehead atoms. The molecule has 0 aliphatic rings. The van der Waals surface area contributed by atoms with E-state index in [0.29, 0.717) is 0 Å². The molecular formula is C18H16F6N2O. The van der Waals surface area contributed by atoms with Crippen LogP contribution in [-0.2, 0) is 12.4 Å². The Morgan fingerprint density at radius 3 is 2.04 bits per heavy atom. The Hall–Kier alpha value is -2.55. The van der Waals surface area contributed by atoms with Gasteiger partial charge in [0.05, 0.1) is 11.1 Å². The van der Waals surface area contributed by atoms with Gasteiger partial charge in [0.15, 0.2) is 0 Å². The molecule has 3 nitrogen and oxygen atoms in total. The molecule has 27 heavy (non-hydrogen) atoms. The van der Waals surface area contributed by atoms with Crippen molar-refractivity contribution in [3.8, 4) is 0 Å². The van der Waals surface area contributed by atoms with Crippen molar-refractivity contribution in [3.05, 3.63) is 65.2 Å². The van der Waals surface area contributed by atoms with Crippen LogP contribution in [0, 0.1) is 0 Å². The highest BCUT2D eigenvalue weighted by atomic mass is 19.4. The van der Waals surface area contributed by atoms with Gasteiger partial charge in [-0.05, 0) is 49.5 Å². The van der Waals surface area contributed by atoms with Gasteiger partial charge in [-0.1, -0.05) is 6.07 Å². The molecular weight excluding hydrogens is 374 g/mol. The Morgan fingerprint density at radius 2 is 1.52 bits per heavy atom. The molecule has 0 radical (unpaired) electrons. The summed E-state index contributed by atoms with van der Waals surface area (Å²) in [5, 5.41) is 2.78. The van der Waals surface area contributed by atoms with E-state index < -0.39 is 29.4 Å². The topological polar surface area (TPSA) is 32.3 Å². The Balaban J connectivity index is 2.37. The summed E-state index contributed by atoms with van der Waals surface area (Å²) in [7, 11) is 1.60. The van der Waals surface area contributed by atoms with Gasteiger partial charge in [-0.3, -0.25) is 4.79 Å². The van der Waals surface area contributed by atoms with E-state index in [1.165, 1.54) is 12.1 Å². The van der Waals surface area contributed by atoms with Crippen molar-refractivity contribution in [2.45, 2.75) is 12.4 Å². The maximum absolute atomic E-state index is 12.9. The Bertz CT molecular complexity index is 784. The fraction of sp³-hybridized carbons (Fsp3) is 0.278. The van der Waals surface area contributed by atoms with E-state index in [-0.39, 0.29) is 24.3 Å². The SMILES string of the molecule is CNCCN(C(=O)c1ccc(C(F)(F)F)cc1)c1cccc(C(F)(F)F)c1. The van der Waals surface area contributed by atoms with Crippen molar-refractivity contribution in [3.63, 3.8) is 0 Å². The zero-order valence-corrected chi connectivity index (χ0v) is 14.2. The van der Waals surface area contributed by atoms with Crippen molar-refractivity contribution in [1.29, 1.82) is 0 Å². The third kappa shape index (κ3) is 5.22. The Labute approximate surface area is 151 Å². The fourth-order valence-corrected chi connectivity index (χ4v) is 2.38. The maximum Gasteiger partial charge on any atom is 0.416 e. The number of likely N-dealkylation sites (N-methyl/N-ethyl adjacent to an activating group) is 1. The van der Waals surface area contributed by atoms with Crippen molar-refractivity contribution >= 4 is 11.6 Å². The normalized spacial score (nSPS) is 12.1. The summed E-state index contributed by atoms with van der Waals surface area (Å²) >= 11 is 0. The summed E-state index contributed by atoms with van der Waals surface area (Å²) in [6.07, 6.45) is -9.13. The molecule has 1 amide bonds. The van der Waals surface area contributed by atoms with E-state index in [2.05, 4.69) is 5.32 Å². The molecule has 2 aromatic rings. The molecule has 0 spiro atoms. The van der Waals surface area contributed by atoms with Crippen LogP contribution in [0.15, 0.2) is 48.5 Å². The number of hydrogen-bond acceptors (Lipinski definition) is 2. The first-order chi connectivity index (χ1) is 12.5. The van der Waals surface area contributed by atoms with E-state index in [9.17, 15) is 31.1 Å². The van der Waals surface area contributed by atoms with E-state index in [1.807, 2.05) is 0 Å². The van der Waals surface area contributed by atoms with Crippen molar-refractivity contribution < 1.29 is 31.1 Å². The molecule has 2 rings (SSSR count). The fourth-order valence-electron chi connectivity index (χ4n) is 2.38. The lowest BCUT2D eigenvalue weighted by Crippen LogP contribution is -2.36. The van der Waals surface area contributed by atoms with Crippen LogP contribution in [0.5, 0.6) is 0 Å². The number of alkyl halides is 6. The molecule has 1 N–H and O–H groups in total. The van der Waals surface area contributed by atoms with Gasteiger partial charge in [-0.2, -0.15) is 26.3 Å². The second-order valence-electron chi connectivity index (χ2n) is 5.68. The van der Waals surface area contributed by atoms with Crippen LogP contribution in [0.1, 0.15) is 21.5 Å². The summed E-state index contributed by atoms with van der Waals surface area (Å²) < 4.78 is 76.8. The third-order valence-electron chi connectivity index (χ3n) is 3.77. The molecule has 9 heteroatoms. The molecule has 2 aromatic carbocycles. The van der Waals surface area contributed by atoms with Gasteiger partial charge in [0.2, 0.25) is 0 Å². The first kappa shape index (κ1) is 20.8. The van der Waals surface area contributed by atoms with Crippen LogP contribution in [0.3, 0.4) is 0 Å². The standard InChI is InChI=1S/C18H16F6N2O/c1-25-9-10-26(15-4-2-3-14(11-15)18(22,23)24)16(27)12-5-7-13(8-6-12)17(19,20)21/h2-8,11,25H,9-10H2,1H3.